The molecule has 0 unspecified atom stereocenters. The summed E-state index contributed by atoms with van der Waals surface area (Å²) >= 11 is 1.79. The van der Waals surface area contributed by atoms with Gasteiger partial charge < -0.3 is 0 Å². The van der Waals surface area contributed by atoms with E-state index in [1.165, 1.54) is 10.6 Å². The molecule has 0 saturated heterocycles. The third-order valence-electron chi connectivity index (χ3n) is 2.04. The van der Waals surface area contributed by atoms with E-state index in [1.54, 1.807) is 11.3 Å². The predicted molar refractivity (Wildman–Crippen MR) is 64.0 cm³/mol. The minimum absolute atomic E-state index is 0.181. The number of aromatic nitrogens is 1. The summed E-state index contributed by atoms with van der Waals surface area (Å²) in [5.74, 6) is 0. The summed E-state index contributed by atoms with van der Waals surface area (Å²) in [7, 11) is 0. The molecule has 0 bridgehead atoms. The van der Waals surface area contributed by atoms with Gasteiger partial charge >= 0.3 is 0 Å². The molecule has 0 saturated carbocycles. The molecule has 2 heteroatoms. The third-order valence-corrected chi connectivity index (χ3v) is 2.88. The zero-order chi connectivity index (χ0) is 11.0. The number of nitrogens with zero attached hydrogens (tertiary/aromatic N) is 1. The molecule has 0 aliphatic carbocycles. The van der Waals surface area contributed by atoms with Gasteiger partial charge in [-0.15, -0.1) is 11.3 Å². The molecule has 80 valence electrons. The lowest BCUT2D eigenvalue weighted by Gasteiger charge is -2.22. The fourth-order valence-corrected chi connectivity index (χ4v) is 2.76. The lowest BCUT2D eigenvalue weighted by molar-refractivity contribution is 0.409. The Balaban J connectivity index is 2.95. The van der Waals surface area contributed by atoms with Gasteiger partial charge in [-0.2, -0.15) is 0 Å². The zero-order valence-electron chi connectivity index (χ0n) is 10.1. The molecule has 0 amide bonds. The first-order valence-electron chi connectivity index (χ1n) is 5.13. The second kappa shape index (κ2) is 3.65. The van der Waals surface area contributed by atoms with E-state index in [0.29, 0.717) is 5.41 Å². The average Bonchev–Trinajstić information content (AvgIpc) is 2.29. The number of hydrogen-bond acceptors (Lipinski definition) is 2. The van der Waals surface area contributed by atoms with Gasteiger partial charge in [0.05, 0.1) is 11.2 Å². The van der Waals surface area contributed by atoms with Gasteiger partial charge in [0, 0.05) is 10.3 Å². The van der Waals surface area contributed by atoms with Crippen LogP contribution in [-0.4, -0.2) is 4.98 Å². The van der Waals surface area contributed by atoms with Gasteiger partial charge in [0.15, 0.2) is 0 Å². The summed E-state index contributed by atoms with van der Waals surface area (Å²) < 4.78 is 0. The van der Waals surface area contributed by atoms with Crippen molar-refractivity contribution in [2.75, 3.05) is 0 Å². The Morgan fingerprint density at radius 2 is 1.71 bits per heavy atom. The van der Waals surface area contributed by atoms with Gasteiger partial charge in [-0.25, -0.2) is 4.98 Å². The summed E-state index contributed by atoms with van der Waals surface area (Å²) in [6.45, 7) is 13.5. The molecule has 1 nitrogen and oxygen atoms in total. The predicted octanol–water partition coefficient (Wildman–Crippen LogP) is 4.03. The van der Waals surface area contributed by atoms with Crippen molar-refractivity contribution in [1.82, 2.24) is 4.98 Å². The molecular weight excluding hydrogens is 190 g/mol. The summed E-state index contributed by atoms with van der Waals surface area (Å²) in [6.07, 6.45) is 1.13. The Kier molecular flexibility index (Phi) is 3.05. The highest BCUT2D eigenvalue weighted by atomic mass is 32.1. The number of rotatable bonds is 1. The summed E-state index contributed by atoms with van der Waals surface area (Å²) in [5, 5.41) is 0. The standard InChI is InChI=1S/C12H21NS/c1-11(2,3)7-9-10(12(4,5)6)13-8-14-9/h8H,7H2,1-6H3. The molecule has 0 atom stereocenters. The first-order chi connectivity index (χ1) is 6.20. The van der Waals surface area contributed by atoms with E-state index in [1.807, 2.05) is 5.51 Å². The molecule has 0 fully saturated rings. The molecule has 0 spiro atoms. The van der Waals surface area contributed by atoms with Crippen LogP contribution in [0, 0.1) is 5.41 Å². The molecule has 14 heavy (non-hydrogen) atoms. The second-order valence-electron chi connectivity index (χ2n) is 6.11. The fraction of sp³-hybridized carbons (Fsp3) is 0.750. The van der Waals surface area contributed by atoms with Crippen LogP contribution in [0.15, 0.2) is 5.51 Å². The van der Waals surface area contributed by atoms with Crippen molar-refractivity contribution >= 4 is 11.3 Å². The molecule has 1 rings (SSSR count). The fourth-order valence-electron chi connectivity index (χ4n) is 1.49. The van der Waals surface area contributed by atoms with Crippen molar-refractivity contribution in [3.05, 3.63) is 16.1 Å². The van der Waals surface area contributed by atoms with Crippen molar-refractivity contribution in [3.8, 4) is 0 Å². The van der Waals surface area contributed by atoms with Crippen molar-refractivity contribution in [3.63, 3.8) is 0 Å². The van der Waals surface area contributed by atoms with Crippen LogP contribution in [0.5, 0.6) is 0 Å². The highest BCUT2D eigenvalue weighted by molar-refractivity contribution is 7.09. The van der Waals surface area contributed by atoms with E-state index in [-0.39, 0.29) is 5.41 Å². The summed E-state index contributed by atoms with van der Waals surface area (Å²) in [5.41, 5.74) is 3.78. The number of thiazole rings is 1. The van der Waals surface area contributed by atoms with Crippen molar-refractivity contribution in [1.29, 1.82) is 0 Å². The molecule has 1 aromatic heterocycles. The Morgan fingerprint density at radius 3 is 2.14 bits per heavy atom. The summed E-state index contributed by atoms with van der Waals surface area (Å²) in [6, 6.07) is 0. The van der Waals surface area contributed by atoms with Crippen LogP contribution < -0.4 is 0 Å². The molecule has 1 aromatic rings. The van der Waals surface area contributed by atoms with Crippen LogP contribution >= 0.6 is 11.3 Å². The maximum Gasteiger partial charge on any atom is 0.0797 e. The van der Waals surface area contributed by atoms with Gasteiger partial charge in [-0.1, -0.05) is 41.5 Å². The van der Waals surface area contributed by atoms with E-state index in [4.69, 9.17) is 0 Å². The highest BCUT2D eigenvalue weighted by Gasteiger charge is 2.23. The molecule has 1 heterocycles. The number of hydrogen-bond donors (Lipinski definition) is 0. The van der Waals surface area contributed by atoms with Gasteiger partial charge in [0.1, 0.15) is 0 Å². The van der Waals surface area contributed by atoms with E-state index >= 15 is 0 Å². The first kappa shape index (κ1) is 11.7. The molecule has 0 radical (unpaired) electrons. The molecule has 0 aliphatic heterocycles. The van der Waals surface area contributed by atoms with Crippen LogP contribution in [0.3, 0.4) is 0 Å². The lowest BCUT2D eigenvalue weighted by atomic mass is 9.85. The monoisotopic (exact) mass is 211 g/mol. The van der Waals surface area contributed by atoms with Gasteiger partial charge in [0.25, 0.3) is 0 Å². The SMILES string of the molecule is CC(C)(C)Cc1scnc1C(C)(C)C. The van der Waals surface area contributed by atoms with Crippen molar-refractivity contribution in [2.45, 2.75) is 53.4 Å². The minimum atomic E-state index is 0.181. The van der Waals surface area contributed by atoms with E-state index < -0.39 is 0 Å². The van der Waals surface area contributed by atoms with Crippen LogP contribution in [0.25, 0.3) is 0 Å². The van der Waals surface area contributed by atoms with Crippen LogP contribution in [0.4, 0.5) is 0 Å². The van der Waals surface area contributed by atoms with Gasteiger partial charge in [0.2, 0.25) is 0 Å². The van der Waals surface area contributed by atoms with E-state index in [2.05, 4.69) is 46.5 Å². The normalized spacial score (nSPS) is 13.3. The average molecular weight is 211 g/mol. The van der Waals surface area contributed by atoms with Gasteiger partial charge in [-0.3, -0.25) is 0 Å². The minimum Gasteiger partial charge on any atom is -0.249 e. The highest BCUT2D eigenvalue weighted by Crippen LogP contribution is 2.31. The van der Waals surface area contributed by atoms with Crippen LogP contribution in [-0.2, 0) is 11.8 Å². The smallest absolute Gasteiger partial charge is 0.0797 e. The van der Waals surface area contributed by atoms with E-state index in [0.717, 1.165) is 6.42 Å². The Hall–Kier alpha value is -0.370. The first-order valence-corrected chi connectivity index (χ1v) is 6.01. The van der Waals surface area contributed by atoms with Crippen molar-refractivity contribution in [2.24, 2.45) is 5.41 Å². The maximum atomic E-state index is 4.49. The second-order valence-corrected chi connectivity index (χ2v) is 7.05. The van der Waals surface area contributed by atoms with Gasteiger partial charge in [-0.05, 0) is 11.8 Å². The topological polar surface area (TPSA) is 12.9 Å². The lowest BCUT2D eigenvalue weighted by Crippen LogP contribution is -2.17. The molecular formula is C12H21NS. The zero-order valence-corrected chi connectivity index (χ0v) is 11.0. The Morgan fingerprint density at radius 1 is 1.14 bits per heavy atom. The molecule has 0 aromatic carbocycles. The molecule has 0 aliphatic rings. The third kappa shape index (κ3) is 3.09. The Labute approximate surface area is 91.6 Å². The van der Waals surface area contributed by atoms with E-state index in [9.17, 15) is 0 Å². The maximum absolute atomic E-state index is 4.49. The largest absolute Gasteiger partial charge is 0.249 e. The quantitative estimate of drug-likeness (QED) is 0.683. The van der Waals surface area contributed by atoms with Crippen LogP contribution in [0.2, 0.25) is 0 Å². The van der Waals surface area contributed by atoms with Crippen LogP contribution in [0.1, 0.15) is 52.1 Å². The molecule has 0 N–H and O–H groups in total. The van der Waals surface area contributed by atoms with Crippen molar-refractivity contribution < 1.29 is 0 Å². The Bertz CT molecular complexity index is 299. The summed E-state index contributed by atoms with van der Waals surface area (Å²) in [4.78, 5) is 5.94.